The molecule has 0 radical (unpaired) electrons. The number of carboxylic acid groups (broad SMARTS) is 1. The predicted octanol–water partition coefficient (Wildman–Crippen LogP) is 0.598. The van der Waals surface area contributed by atoms with Gasteiger partial charge in [-0.15, -0.1) is 24.8 Å². The van der Waals surface area contributed by atoms with Crippen LogP contribution in [0.1, 0.15) is 13.8 Å². The van der Waals surface area contributed by atoms with Gasteiger partial charge in [-0.25, -0.2) is 0 Å². The minimum Gasteiger partial charge on any atom is -0.480 e. The summed E-state index contributed by atoms with van der Waals surface area (Å²) in [4.78, 5) is 12.4. The second-order valence-electron chi connectivity index (χ2n) is 3.92. The van der Waals surface area contributed by atoms with Crippen molar-refractivity contribution in [2.24, 2.45) is 0 Å². The third kappa shape index (κ3) is 5.65. The van der Waals surface area contributed by atoms with Crippen molar-refractivity contribution in [3.05, 3.63) is 0 Å². The third-order valence-electron chi connectivity index (χ3n) is 2.01. The Bertz CT molecular complexity index is 188. The van der Waals surface area contributed by atoms with Crippen LogP contribution in [0, 0.1) is 0 Å². The number of hydrogen-bond donors (Lipinski definition) is 2. The second-order valence-corrected chi connectivity index (χ2v) is 3.92. The largest absolute Gasteiger partial charge is 0.480 e. The Morgan fingerprint density at radius 2 is 2.07 bits per heavy atom. The minimum absolute atomic E-state index is 0. The molecule has 0 amide bonds. The van der Waals surface area contributed by atoms with Crippen LogP contribution in [0.3, 0.4) is 0 Å². The first-order valence-electron chi connectivity index (χ1n) is 4.19. The van der Waals surface area contributed by atoms with Crippen LogP contribution in [0.4, 0.5) is 0 Å². The Labute approximate surface area is 96.9 Å². The molecule has 2 N–H and O–H groups in total. The van der Waals surface area contributed by atoms with E-state index in [1.54, 1.807) is 0 Å². The third-order valence-corrected chi connectivity index (χ3v) is 2.01. The molecular formula is C8H18Cl2N2O2. The number of piperazine rings is 1. The van der Waals surface area contributed by atoms with Crippen molar-refractivity contribution in [1.29, 1.82) is 0 Å². The second kappa shape index (κ2) is 6.45. The van der Waals surface area contributed by atoms with E-state index in [1.807, 2.05) is 4.90 Å². The predicted molar refractivity (Wildman–Crippen MR) is 60.7 cm³/mol. The van der Waals surface area contributed by atoms with E-state index in [0.717, 1.165) is 19.6 Å². The van der Waals surface area contributed by atoms with E-state index in [-0.39, 0.29) is 36.9 Å². The summed E-state index contributed by atoms with van der Waals surface area (Å²) in [6.45, 7) is 6.84. The molecule has 1 aliphatic rings. The summed E-state index contributed by atoms with van der Waals surface area (Å²) < 4.78 is 0. The zero-order valence-electron chi connectivity index (χ0n) is 8.45. The molecule has 0 unspecified atom stereocenters. The highest BCUT2D eigenvalue weighted by Gasteiger charge is 2.26. The van der Waals surface area contributed by atoms with Crippen molar-refractivity contribution in [2.45, 2.75) is 19.4 Å². The van der Waals surface area contributed by atoms with Gasteiger partial charge < -0.3 is 10.4 Å². The van der Waals surface area contributed by atoms with Crippen LogP contribution in [-0.4, -0.2) is 47.7 Å². The quantitative estimate of drug-likeness (QED) is 0.748. The van der Waals surface area contributed by atoms with Crippen LogP contribution >= 0.6 is 24.8 Å². The maximum Gasteiger partial charge on any atom is 0.317 e. The van der Waals surface area contributed by atoms with Gasteiger partial charge in [0.1, 0.15) is 0 Å². The molecule has 0 aliphatic carbocycles. The molecular weight excluding hydrogens is 227 g/mol. The van der Waals surface area contributed by atoms with Gasteiger partial charge in [0.2, 0.25) is 0 Å². The summed E-state index contributed by atoms with van der Waals surface area (Å²) in [5, 5.41) is 11.9. The number of nitrogens with one attached hydrogen (secondary N) is 1. The topological polar surface area (TPSA) is 52.6 Å². The number of rotatable bonds is 2. The summed E-state index contributed by atoms with van der Waals surface area (Å²) in [6, 6.07) is 0. The molecule has 1 aliphatic heterocycles. The van der Waals surface area contributed by atoms with Crippen LogP contribution in [0.5, 0.6) is 0 Å². The summed E-state index contributed by atoms with van der Waals surface area (Å²) in [5.74, 6) is -0.743. The number of hydrogen-bond acceptors (Lipinski definition) is 3. The lowest BCUT2D eigenvalue weighted by Gasteiger charge is -2.38. The maximum absolute atomic E-state index is 10.4. The molecule has 0 bridgehead atoms. The first-order chi connectivity index (χ1) is 5.49. The molecule has 0 saturated carbocycles. The van der Waals surface area contributed by atoms with Gasteiger partial charge in [0.15, 0.2) is 0 Å². The molecule has 1 heterocycles. The van der Waals surface area contributed by atoms with E-state index in [0.29, 0.717) is 0 Å². The van der Waals surface area contributed by atoms with E-state index in [4.69, 9.17) is 5.11 Å². The zero-order chi connectivity index (χ0) is 9.19. The standard InChI is InChI=1S/C8H16N2O2.2ClH/c1-8(2)6-10(4-3-9-8)5-7(11)12;;/h9H,3-6H2,1-2H3,(H,11,12);2*1H. The molecule has 1 saturated heterocycles. The smallest absolute Gasteiger partial charge is 0.317 e. The monoisotopic (exact) mass is 244 g/mol. The number of aliphatic carboxylic acids is 1. The molecule has 1 rings (SSSR count). The average Bonchev–Trinajstić information content (AvgIpc) is 1.82. The van der Waals surface area contributed by atoms with E-state index in [2.05, 4.69) is 19.2 Å². The van der Waals surface area contributed by atoms with Crippen LogP contribution in [0.25, 0.3) is 0 Å². The Morgan fingerprint density at radius 1 is 1.50 bits per heavy atom. The molecule has 0 aromatic rings. The molecule has 0 aromatic heterocycles. The number of halogens is 2. The summed E-state index contributed by atoms with van der Waals surface area (Å²) >= 11 is 0. The number of carboxylic acids is 1. The number of nitrogens with zero attached hydrogens (tertiary/aromatic N) is 1. The van der Waals surface area contributed by atoms with Crippen LogP contribution in [0.2, 0.25) is 0 Å². The van der Waals surface area contributed by atoms with Gasteiger partial charge in [0, 0.05) is 25.2 Å². The summed E-state index contributed by atoms with van der Waals surface area (Å²) in [6.07, 6.45) is 0. The Kier molecular flexibility index (Phi) is 7.56. The molecule has 6 heteroatoms. The van der Waals surface area contributed by atoms with Gasteiger partial charge in [-0.2, -0.15) is 0 Å². The van der Waals surface area contributed by atoms with Crippen molar-refractivity contribution in [1.82, 2.24) is 10.2 Å². The SMILES string of the molecule is CC1(C)CN(CC(=O)O)CCN1.Cl.Cl. The minimum atomic E-state index is -0.743. The fourth-order valence-electron chi connectivity index (χ4n) is 1.57. The normalized spacial score (nSPS) is 20.4. The van der Waals surface area contributed by atoms with Gasteiger partial charge in [-0.05, 0) is 13.8 Å². The van der Waals surface area contributed by atoms with Crippen LogP contribution in [-0.2, 0) is 4.79 Å². The molecule has 1 fully saturated rings. The molecule has 86 valence electrons. The first kappa shape index (κ1) is 16.4. The van der Waals surface area contributed by atoms with Gasteiger partial charge in [-0.3, -0.25) is 9.69 Å². The maximum atomic E-state index is 10.4. The van der Waals surface area contributed by atoms with Gasteiger partial charge in [-0.1, -0.05) is 0 Å². The van der Waals surface area contributed by atoms with Crippen molar-refractivity contribution < 1.29 is 9.90 Å². The highest BCUT2D eigenvalue weighted by atomic mass is 35.5. The Hall–Kier alpha value is -0.0300. The Morgan fingerprint density at radius 3 is 2.50 bits per heavy atom. The number of carbonyl (C=O) groups is 1. The first-order valence-corrected chi connectivity index (χ1v) is 4.19. The van der Waals surface area contributed by atoms with Gasteiger partial charge in [0.25, 0.3) is 0 Å². The summed E-state index contributed by atoms with van der Waals surface area (Å²) in [5.41, 5.74) is 0.0493. The lowest BCUT2D eigenvalue weighted by molar-refractivity contribution is -0.138. The molecule has 14 heavy (non-hydrogen) atoms. The molecule has 0 aromatic carbocycles. The van der Waals surface area contributed by atoms with Crippen molar-refractivity contribution in [2.75, 3.05) is 26.2 Å². The van der Waals surface area contributed by atoms with E-state index < -0.39 is 5.97 Å². The fourth-order valence-corrected chi connectivity index (χ4v) is 1.57. The summed E-state index contributed by atoms with van der Waals surface area (Å²) in [7, 11) is 0. The van der Waals surface area contributed by atoms with Crippen molar-refractivity contribution in [3.8, 4) is 0 Å². The molecule has 0 atom stereocenters. The van der Waals surface area contributed by atoms with Gasteiger partial charge >= 0.3 is 5.97 Å². The highest BCUT2D eigenvalue weighted by Crippen LogP contribution is 2.09. The molecule has 0 spiro atoms. The lowest BCUT2D eigenvalue weighted by Crippen LogP contribution is -2.57. The van der Waals surface area contributed by atoms with E-state index in [9.17, 15) is 4.79 Å². The van der Waals surface area contributed by atoms with Crippen LogP contribution in [0.15, 0.2) is 0 Å². The van der Waals surface area contributed by atoms with E-state index >= 15 is 0 Å². The van der Waals surface area contributed by atoms with Crippen molar-refractivity contribution in [3.63, 3.8) is 0 Å². The Balaban J connectivity index is 0. The fraction of sp³-hybridized carbons (Fsp3) is 0.875. The zero-order valence-corrected chi connectivity index (χ0v) is 10.1. The van der Waals surface area contributed by atoms with Gasteiger partial charge in [0.05, 0.1) is 6.54 Å². The van der Waals surface area contributed by atoms with Crippen LogP contribution < -0.4 is 5.32 Å². The van der Waals surface area contributed by atoms with Crippen molar-refractivity contribution >= 4 is 30.8 Å². The highest BCUT2D eigenvalue weighted by molar-refractivity contribution is 5.85. The average molecular weight is 245 g/mol. The lowest BCUT2D eigenvalue weighted by atomic mass is 10.0. The molecule has 4 nitrogen and oxygen atoms in total. The van der Waals surface area contributed by atoms with E-state index in [1.165, 1.54) is 0 Å².